The molecule has 0 bridgehead atoms. The van der Waals surface area contributed by atoms with E-state index in [4.69, 9.17) is 4.74 Å². The maximum atomic E-state index is 13.0. The summed E-state index contributed by atoms with van der Waals surface area (Å²) in [5, 5.41) is 5.07. The Labute approximate surface area is 217 Å². The van der Waals surface area contributed by atoms with E-state index in [1.165, 1.54) is 0 Å². The van der Waals surface area contributed by atoms with Gasteiger partial charge in [0.15, 0.2) is 5.82 Å². The maximum absolute atomic E-state index is 13.0. The average molecular weight is 523 g/mol. The van der Waals surface area contributed by atoms with Crippen molar-refractivity contribution >= 4 is 23.9 Å². The molecule has 3 rings (SSSR count). The second-order valence-electron chi connectivity index (χ2n) is 7.64. The van der Waals surface area contributed by atoms with Gasteiger partial charge in [-0.1, -0.05) is 60.7 Å². The van der Waals surface area contributed by atoms with Crippen LogP contribution in [0.1, 0.15) is 45.1 Å². The zero-order valence-electron chi connectivity index (χ0n) is 20.5. The van der Waals surface area contributed by atoms with Gasteiger partial charge in [0.2, 0.25) is 0 Å². The molecule has 198 valence electrons. The summed E-state index contributed by atoms with van der Waals surface area (Å²) in [6.45, 7) is 0.779. The number of aromatic nitrogens is 2. The third kappa shape index (κ3) is 8.01. The fourth-order valence-corrected chi connectivity index (χ4v) is 3.26. The highest BCUT2D eigenvalue weighted by atomic mass is 16.7. The van der Waals surface area contributed by atoms with Gasteiger partial charge in [0.1, 0.15) is 25.3 Å². The summed E-state index contributed by atoms with van der Waals surface area (Å²) in [5.74, 6) is -2.75. The zero-order chi connectivity index (χ0) is 27.3. The molecule has 0 saturated heterocycles. The summed E-state index contributed by atoms with van der Waals surface area (Å²) < 4.78 is 14.0. The van der Waals surface area contributed by atoms with Gasteiger partial charge in [-0.3, -0.25) is 19.2 Å². The zero-order valence-corrected chi connectivity index (χ0v) is 20.5. The molecule has 0 atom stereocenters. The first-order chi connectivity index (χ1) is 18.4. The molecule has 0 saturated carbocycles. The number of H-pyrrole nitrogens is 1. The Morgan fingerprint density at radius 1 is 0.868 bits per heavy atom. The predicted octanol–water partition coefficient (Wildman–Crippen LogP) is 1.74. The predicted molar refractivity (Wildman–Crippen MR) is 133 cm³/mol. The van der Waals surface area contributed by atoms with Crippen LogP contribution in [0.25, 0.3) is 0 Å². The minimum absolute atomic E-state index is 0.147. The molecular formula is C26H26N4O8. The van der Waals surface area contributed by atoms with Crippen LogP contribution in [0, 0.1) is 0 Å². The number of aromatic amines is 1. The van der Waals surface area contributed by atoms with Gasteiger partial charge in [0, 0.05) is 6.20 Å². The normalized spacial score (nSPS) is 10.4. The number of benzene rings is 2. The molecule has 2 amide bonds. The lowest BCUT2D eigenvalue weighted by Gasteiger charge is -2.19. The first-order valence-corrected chi connectivity index (χ1v) is 11.6. The van der Waals surface area contributed by atoms with Crippen molar-refractivity contribution in [3.05, 3.63) is 99.7 Å². The standard InChI is InChI=1S/C26H26N4O8/c1-2-36-26(35)38-14-13-37-20(31)16-28-25(34)22-27-15-19(24(33)30-22)23(32)29-21(17-9-5-3-6-10-17)18-11-7-4-8-12-18/h3-12,15,21H,2,13-14,16H2,1H3,(H,28,34)(H,29,32)(H,27,30,33). The second-order valence-corrected chi connectivity index (χ2v) is 7.64. The van der Waals surface area contributed by atoms with Gasteiger partial charge in [-0.05, 0) is 18.1 Å². The number of carbonyl (C=O) groups excluding carboxylic acids is 4. The maximum Gasteiger partial charge on any atom is 0.508 e. The lowest BCUT2D eigenvalue weighted by Crippen LogP contribution is -2.36. The van der Waals surface area contributed by atoms with Crippen molar-refractivity contribution in [3.8, 4) is 0 Å². The number of hydrogen-bond donors (Lipinski definition) is 3. The number of rotatable bonds is 11. The van der Waals surface area contributed by atoms with Crippen molar-refractivity contribution in [3.63, 3.8) is 0 Å². The van der Waals surface area contributed by atoms with Gasteiger partial charge >= 0.3 is 12.1 Å². The minimum Gasteiger partial charge on any atom is -0.461 e. The fourth-order valence-electron chi connectivity index (χ4n) is 3.26. The van der Waals surface area contributed by atoms with Gasteiger partial charge in [0.05, 0.1) is 12.6 Å². The van der Waals surface area contributed by atoms with Crippen molar-refractivity contribution in [1.29, 1.82) is 0 Å². The SMILES string of the molecule is CCOC(=O)OCCOC(=O)CNC(=O)c1ncc(C(=O)NC(c2ccccc2)c2ccccc2)c(=O)[nH]1. The molecule has 0 aliphatic carbocycles. The van der Waals surface area contributed by atoms with Crippen molar-refractivity contribution in [2.24, 2.45) is 0 Å². The largest absolute Gasteiger partial charge is 0.508 e. The summed E-state index contributed by atoms with van der Waals surface area (Å²) in [4.78, 5) is 66.7. The first kappa shape index (κ1) is 27.6. The number of amides is 2. The summed E-state index contributed by atoms with van der Waals surface area (Å²) in [5.41, 5.74) is 0.499. The Morgan fingerprint density at radius 3 is 2.05 bits per heavy atom. The molecular weight excluding hydrogens is 496 g/mol. The van der Waals surface area contributed by atoms with E-state index in [0.717, 1.165) is 17.3 Å². The number of nitrogens with zero attached hydrogens (tertiary/aromatic N) is 1. The highest BCUT2D eigenvalue weighted by molar-refractivity contribution is 5.95. The average Bonchev–Trinajstić information content (AvgIpc) is 2.93. The molecule has 38 heavy (non-hydrogen) atoms. The Bertz CT molecular complexity index is 1270. The highest BCUT2D eigenvalue weighted by Gasteiger charge is 2.21. The second kappa shape index (κ2) is 13.9. The lowest BCUT2D eigenvalue weighted by molar-refractivity contribution is -0.143. The van der Waals surface area contributed by atoms with Crippen molar-refractivity contribution < 1.29 is 33.4 Å². The third-order valence-electron chi connectivity index (χ3n) is 5.02. The van der Waals surface area contributed by atoms with Crippen LogP contribution in [0.3, 0.4) is 0 Å². The van der Waals surface area contributed by atoms with Crippen LogP contribution in [-0.4, -0.2) is 60.3 Å². The molecule has 0 spiro atoms. The smallest absolute Gasteiger partial charge is 0.461 e. The van der Waals surface area contributed by atoms with Crippen LogP contribution < -0.4 is 16.2 Å². The highest BCUT2D eigenvalue weighted by Crippen LogP contribution is 2.22. The van der Waals surface area contributed by atoms with Gasteiger partial charge < -0.3 is 29.8 Å². The minimum atomic E-state index is -0.889. The molecule has 12 nitrogen and oxygen atoms in total. The Morgan fingerprint density at radius 2 is 1.47 bits per heavy atom. The van der Waals surface area contributed by atoms with E-state index < -0.39 is 47.9 Å². The van der Waals surface area contributed by atoms with E-state index in [1.54, 1.807) is 6.92 Å². The third-order valence-corrected chi connectivity index (χ3v) is 5.02. The van der Waals surface area contributed by atoms with Crippen molar-refractivity contribution in [2.45, 2.75) is 13.0 Å². The van der Waals surface area contributed by atoms with Gasteiger partial charge in [-0.25, -0.2) is 9.78 Å². The number of carbonyl (C=O) groups is 4. The molecule has 1 aromatic heterocycles. The van der Waals surface area contributed by atoms with Gasteiger partial charge in [-0.15, -0.1) is 0 Å². The van der Waals surface area contributed by atoms with E-state index in [2.05, 4.69) is 30.1 Å². The monoisotopic (exact) mass is 522 g/mol. The molecule has 12 heteroatoms. The molecule has 3 aromatic rings. The Kier molecular flexibility index (Phi) is 10.1. The first-order valence-electron chi connectivity index (χ1n) is 11.6. The van der Waals surface area contributed by atoms with E-state index in [-0.39, 0.29) is 25.4 Å². The number of hydrogen-bond acceptors (Lipinski definition) is 9. The van der Waals surface area contributed by atoms with Crippen LogP contribution in [-0.2, 0) is 19.0 Å². The molecule has 0 aliphatic rings. The van der Waals surface area contributed by atoms with Crippen molar-refractivity contribution in [1.82, 2.24) is 20.6 Å². The quantitative estimate of drug-likeness (QED) is 0.251. The van der Waals surface area contributed by atoms with E-state index in [9.17, 15) is 24.0 Å². The van der Waals surface area contributed by atoms with Crippen molar-refractivity contribution in [2.75, 3.05) is 26.4 Å². The van der Waals surface area contributed by atoms with Gasteiger partial charge in [-0.2, -0.15) is 0 Å². The molecule has 1 heterocycles. The molecule has 0 unspecified atom stereocenters. The van der Waals surface area contributed by atoms with Crippen LogP contribution in [0.15, 0.2) is 71.7 Å². The molecule has 0 aliphatic heterocycles. The Balaban J connectivity index is 1.58. The summed E-state index contributed by atoms with van der Waals surface area (Å²) in [7, 11) is 0. The molecule has 0 radical (unpaired) electrons. The number of ether oxygens (including phenoxy) is 3. The number of nitrogens with one attached hydrogen (secondary N) is 3. The summed E-state index contributed by atoms with van der Waals surface area (Å²) >= 11 is 0. The van der Waals surface area contributed by atoms with Crippen LogP contribution >= 0.6 is 0 Å². The Hall–Kier alpha value is -5.00. The molecule has 2 aromatic carbocycles. The van der Waals surface area contributed by atoms with Crippen LogP contribution in [0.5, 0.6) is 0 Å². The lowest BCUT2D eigenvalue weighted by atomic mass is 9.98. The van der Waals surface area contributed by atoms with E-state index in [0.29, 0.717) is 0 Å². The molecule has 0 fully saturated rings. The van der Waals surface area contributed by atoms with Gasteiger partial charge in [0.25, 0.3) is 17.4 Å². The van der Waals surface area contributed by atoms with E-state index in [1.807, 2.05) is 60.7 Å². The number of esters is 1. The van der Waals surface area contributed by atoms with E-state index >= 15 is 0 Å². The summed E-state index contributed by atoms with van der Waals surface area (Å²) in [6.07, 6.45) is 0.0981. The van der Waals surface area contributed by atoms with Crippen LogP contribution in [0.2, 0.25) is 0 Å². The summed E-state index contributed by atoms with van der Waals surface area (Å²) in [6, 6.07) is 18.0. The fraction of sp³-hybridized carbons (Fsp3) is 0.231. The molecule has 3 N–H and O–H groups in total. The van der Waals surface area contributed by atoms with Crippen LogP contribution in [0.4, 0.5) is 4.79 Å². The topological polar surface area (TPSA) is 166 Å².